The number of aromatic nitrogens is 2. The van der Waals surface area contributed by atoms with Crippen LogP contribution in [0, 0.1) is 26.2 Å². The predicted molar refractivity (Wildman–Crippen MR) is 59.6 cm³/mol. The molecule has 0 fully saturated rings. The molecule has 4 nitrogen and oxygen atoms in total. The van der Waals surface area contributed by atoms with Gasteiger partial charge in [-0.15, -0.1) is 12.3 Å². The molecule has 15 heavy (non-hydrogen) atoms. The van der Waals surface area contributed by atoms with Crippen LogP contribution in [0.1, 0.15) is 35.8 Å². The van der Waals surface area contributed by atoms with Crippen molar-refractivity contribution in [2.24, 2.45) is 5.84 Å². The van der Waals surface area contributed by atoms with Crippen LogP contribution < -0.4 is 11.3 Å². The Balaban J connectivity index is 2.91. The van der Waals surface area contributed by atoms with Gasteiger partial charge in [0.1, 0.15) is 0 Å². The van der Waals surface area contributed by atoms with E-state index in [9.17, 15) is 0 Å². The van der Waals surface area contributed by atoms with Gasteiger partial charge in [0.05, 0.1) is 11.4 Å². The topological polar surface area (TPSA) is 63.8 Å². The van der Waals surface area contributed by atoms with Crippen molar-refractivity contribution in [3.63, 3.8) is 0 Å². The Kier molecular flexibility index (Phi) is 4.22. The zero-order chi connectivity index (χ0) is 11.3. The first-order valence-electron chi connectivity index (χ1n) is 4.89. The summed E-state index contributed by atoms with van der Waals surface area (Å²) in [5, 5.41) is 8.04. The van der Waals surface area contributed by atoms with E-state index in [0.717, 1.165) is 23.4 Å². The fraction of sp³-hybridized carbons (Fsp3) is 0.455. The number of nitrogens with two attached hydrogens (primary N) is 1. The second kappa shape index (κ2) is 5.44. The Morgan fingerprint density at radius 2 is 2.27 bits per heavy atom. The van der Waals surface area contributed by atoms with Crippen LogP contribution in [0.15, 0.2) is 6.07 Å². The van der Waals surface area contributed by atoms with Crippen LogP contribution in [0.4, 0.5) is 0 Å². The minimum Gasteiger partial charge on any atom is -0.271 e. The zero-order valence-corrected chi connectivity index (χ0v) is 9.12. The third-order valence-corrected chi connectivity index (χ3v) is 2.29. The molecule has 4 heteroatoms. The van der Waals surface area contributed by atoms with Crippen molar-refractivity contribution >= 4 is 0 Å². The van der Waals surface area contributed by atoms with Gasteiger partial charge in [-0.1, -0.05) is 0 Å². The maximum absolute atomic E-state index is 5.50. The maximum Gasteiger partial charge on any atom is 0.0648 e. The third kappa shape index (κ3) is 3.01. The molecule has 0 aliphatic rings. The molecule has 0 amide bonds. The summed E-state index contributed by atoms with van der Waals surface area (Å²) in [5.41, 5.74) is 5.60. The lowest BCUT2D eigenvalue weighted by atomic mass is 10.0. The van der Waals surface area contributed by atoms with Crippen LogP contribution in [0.25, 0.3) is 0 Å². The molecular weight excluding hydrogens is 188 g/mol. The Morgan fingerprint density at radius 1 is 1.53 bits per heavy atom. The molecule has 1 rings (SSSR count). The highest BCUT2D eigenvalue weighted by atomic mass is 15.2. The van der Waals surface area contributed by atoms with Crippen LogP contribution >= 0.6 is 0 Å². The summed E-state index contributed by atoms with van der Waals surface area (Å²) in [5.74, 6) is 8.10. The second-order valence-corrected chi connectivity index (χ2v) is 3.49. The fourth-order valence-electron chi connectivity index (χ4n) is 1.48. The Bertz CT molecular complexity index is 367. The van der Waals surface area contributed by atoms with Gasteiger partial charge in [0, 0.05) is 12.5 Å². The number of hydrogen-bond acceptors (Lipinski definition) is 4. The van der Waals surface area contributed by atoms with Crippen molar-refractivity contribution in [2.75, 3.05) is 0 Å². The third-order valence-electron chi connectivity index (χ3n) is 2.29. The van der Waals surface area contributed by atoms with Crippen molar-refractivity contribution in [2.45, 2.75) is 32.7 Å². The highest BCUT2D eigenvalue weighted by Crippen LogP contribution is 2.19. The molecule has 0 saturated heterocycles. The summed E-state index contributed by atoms with van der Waals surface area (Å²) < 4.78 is 0. The molecular formula is C11H16N4. The molecule has 1 heterocycles. The molecule has 80 valence electrons. The number of terminal acetylenes is 1. The number of hydrogen-bond donors (Lipinski definition) is 2. The van der Waals surface area contributed by atoms with Crippen LogP contribution in [-0.4, -0.2) is 10.2 Å². The SMILES string of the molecule is C#CCCC(NN)c1cc(C)nnc1C. The standard InChI is InChI=1S/C11H16N4/c1-4-5-6-11(13-12)10-7-8(2)14-15-9(10)3/h1,7,11,13H,5-6,12H2,2-3H3. The molecule has 1 atom stereocenters. The van der Waals surface area contributed by atoms with E-state index >= 15 is 0 Å². The largest absolute Gasteiger partial charge is 0.271 e. The number of hydrazine groups is 1. The number of rotatable bonds is 4. The molecule has 1 aromatic rings. The van der Waals surface area contributed by atoms with E-state index in [1.54, 1.807) is 0 Å². The van der Waals surface area contributed by atoms with Gasteiger partial charge in [-0.05, 0) is 31.9 Å². The lowest BCUT2D eigenvalue weighted by Gasteiger charge is -2.16. The summed E-state index contributed by atoms with van der Waals surface area (Å²) in [4.78, 5) is 0. The van der Waals surface area contributed by atoms with Gasteiger partial charge in [0.15, 0.2) is 0 Å². The van der Waals surface area contributed by atoms with Crippen LogP contribution in [0.2, 0.25) is 0 Å². The normalized spacial score (nSPS) is 12.1. The average molecular weight is 204 g/mol. The molecule has 1 aromatic heterocycles. The van der Waals surface area contributed by atoms with Gasteiger partial charge in [0.2, 0.25) is 0 Å². The van der Waals surface area contributed by atoms with Crippen molar-refractivity contribution in [3.8, 4) is 12.3 Å². The predicted octanol–water partition coefficient (Wildman–Crippen LogP) is 1.01. The van der Waals surface area contributed by atoms with E-state index in [4.69, 9.17) is 12.3 Å². The Morgan fingerprint density at radius 3 is 2.87 bits per heavy atom. The van der Waals surface area contributed by atoms with Crippen LogP contribution in [-0.2, 0) is 0 Å². The maximum atomic E-state index is 5.50. The minimum atomic E-state index is 0.0512. The van der Waals surface area contributed by atoms with Crippen molar-refractivity contribution in [1.29, 1.82) is 0 Å². The van der Waals surface area contributed by atoms with Gasteiger partial charge in [-0.3, -0.25) is 11.3 Å². The van der Waals surface area contributed by atoms with Gasteiger partial charge in [-0.2, -0.15) is 10.2 Å². The van der Waals surface area contributed by atoms with Gasteiger partial charge >= 0.3 is 0 Å². The first-order valence-corrected chi connectivity index (χ1v) is 4.89. The van der Waals surface area contributed by atoms with E-state index in [0.29, 0.717) is 6.42 Å². The molecule has 3 N–H and O–H groups in total. The van der Waals surface area contributed by atoms with Gasteiger partial charge in [0.25, 0.3) is 0 Å². The molecule has 0 saturated carbocycles. The zero-order valence-electron chi connectivity index (χ0n) is 9.12. The molecule has 0 aromatic carbocycles. The molecule has 0 aliphatic carbocycles. The second-order valence-electron chi connectivity index (χ2n) is 3.49. The molecule has 0 bridgehead atoms. The van der Waals surface area contributed by atoms with Crippen LogP contribution in [0.3, 0.4) is 0 Å². The Labute approximate surface area is 90.3 Å². The monoisotopic (exact) mass is 204 g/mol. The minimum absolute atomic E-state index is 0.0512. The quantitative estimate of drug-likeness (QED) is 0.436. The summed E-state index contributed by atoms with van der Waals surface area (Å²) >= 11 is 0. The smallest absolute Gasteiger partial charge is 0.0648 e. The van der Waals surface area contributed by atoms with Gasteiger partial charge in [-0.25, -0.2) is 0 Å². The first-order chi connectivity index (χ1) is 7.19. The van der Waals surface area contributed by atoms with E-state index < -0.39 is 0 Å². The van der Waals surface area contributed by atoms with Gasteiger partial charge < -0.3 is 0 Å². The van der Waals surface area contributed by atoms with Crippen molar-refractivity contribution in [3.05, 3.63) is 23.0 Å². The summed E-state index contributed by atoms with van der Waals surface area (Å²) in [6.07, 6.45) is 6.73. The number of nitrogens with one attached hydrogen (secondary N) is 1. The van der Waals surface area contributed by atoms with E-state index in [-0.39, 0.29) is 6.04 Å². The number of aryl methyl sites for hydroxylation is 2. The molecule has 1 unspecified atom stereocenters. The van der Waals surface area contributed by atoms with Crippen LogP contribution in [0.5, 0.6) is 0 Å². The molecule has 0 aliphatic heterocycles. The molecule has 0 spiro atoms. The fourth-order valence-corrected chi connectivity index (χ4v) is 1.48. The lowest BCUT2D eigenvalue weighted by Crippen LogP contribution is -2.28. The van der Waals surface area contributed by atoms with Crippen molar-refractivity contribution in [1.82, 2.24) is 15.6 Å². The lowest BCUT2D eigenvalue weighted by molar-refractivity contribution is 0.517. The highest BCUT2D eigenvalue weighted by molar-refractivity contribution is 5.23. The Hall–Kier alpha value is -1.44. The first kappa shape index (κ1) is 11.6. The summed E-state index contributed by atoms with van der Waals surface area (Å²) in [6, 6.07) is 2.04. The van der Waals surface area contributed by atoms with E-state index in [1.807, 2.05) is 19.9 Å². The van der Waals surface area contributed by atoms with E-state index in [1.165, 1.54) is 0 Å². The van der Waals surface area contributed by atoms with Crippen molar-refractivity contribution < 1.29 is 0 Å². The highest BCUT2D eigenvalue weighted by Gasteiger charge is 2.12. The number of nitrogens with zero attached hydrogens (tertiary/aromatic N) is 2. The molecule has 0 radical (unpaired) electrons. The summed E-state index contributed by atoms with van der Waals surface area (Å²) in [7, 11) is 0. The summed E-state index contributed by atoms with van der Waals surface area (Å²) in [6.45, 7) is 3.83. The average Bonchev–Trinajstić information content (AvgIpc) is 2.24. The van der Waals surface area contributed by atoms with E-state index in [2.05, 4.69) is 21.5 Å².